The van der Waals surface area contributed by atoms with Crippen LogP contribution >= 0.6 is 0 Å². The van der Waals surface area contributed by atoms with Crippen molar-refractivity contribution in [3.8, 4) is 11.4 Å². The fourth-order valence-electron chi connectivity index (χ4n) is 3.55. The van der Waals surface area contributed by atoms with E-state index < -0.39 is 0 Å². The number of fused-ring (bicyclic) bond motifs is 3. The van der Waals surface area contributed by atoms with E-state index in [1.807, 2.05) is 32.2 Å². The molecule has 0 bridgehead atoms. The van der Waals surface area contributed by atoms with E-state index in [-0.39, 0.29) is 0 Å². The zero-order valence-electron chi connectivity index (χ0n) is 19.4. The summed E-state index contributed by atoms with van der Waals surface area (Å²) in [5.74, 6) is 1.95. The van der Waals surface area contributed by atoms with Gasteiger partial charge in [0, 0.05) is 11.6 Å². The third-order valence-corrected chi connectivity index (χ3v) is 4.63. The van der Waals surface area contributed by atoms with Crippen molar-refractivity contribution in [1.29, 1.82) is 0 Å². The molecule has 3 aromatic heterocycles. The molecule has 0 aliphatic carbocycles. The molecule has 2 aromatic carbocycles. The van der Waals surface area contributed by atoms with Crippen LogP contribution in [-0.4, -0.2) is 14.3 Å². The Morgan fingerprint density at radius 2 is 1.42 bits per heavy atom. The van der Waals surface area contributed by atoms with Crippen LogP contribution in [0.5, 0.6) is 0 Å². The second-order valence-corrected chi connectivity index (χ2v) is 7.88. The molecule has 0 spiro atoms. The lowest BCUT2D eigenvalue weighted by atomic mass is 10.2. The third kappa shape index (κ3) is 4.53. The average Bonchev–Trinajstić information content (AvgIpc) is 3.33. The molecule has 5 rings (SSSR count). The Bertz CT molecular complexity index is 1190. The Hall–Kier alpha value is -3.40. The number of para-hydroxylation sites is 1. The quantitative estimate of drug-likeness (QED) is 0.304. The van der Waals surface area contributed by atoms with Gasteiger partial charge in [-0.05, 0) is 36.2 Å². The fourth-order valence-corrected chi connectivity index (χ4v) is 3.55. The second-order valence-electron chi connectivity index (χ2n) is 7.88. The van der Waals surface area contributed by atoms with Gasteiger partial charge >= 0.3 is 5.82 Å². The van der Waals surface area contributed by atoms with E-state index in [0.717, 1.165) is 33.7 Å². The highest BCUT2D eigenvalue weighted by molar-refractivity contribution is 6.05. The van der Waals surface area contributed by atoms with Crippen LogP contribution in [0, 0.1) is 5.92 Å². The Balaban J connectivity index is 0.000000411. The van der Waals surface area contributed by atoms with Crippen molar-refractivity contribution >= 4 is 21.9 Å². The molecule has 4 heteroatoms. The van der Waals surface area contributed by atoms with Gasteiger partial charge in [-0.3, -0.25) is 4.98 Å². The van der Waals surface area contributed by atoms with Gasteiger partial charge in [0.25, 0.3) is 0 Å². The highest BCUT2D eigenvalue weighted by atomic mass is 15.5. The van der Waals surface area contributed by atoms with Crippen molar-refractivity contribution in [1.82, 2.24) is 14.3 Å². The number of aryl methyl sites for hydroxylation is 1. The summed E-state index contributed by atoms with van der Waals surface area (Å²) in [6.07, 6.45) is 6.04. The average molecular weight is 414 g/mol. The third-order valence-electron chi connectivity index (χ3n) is 4.63. The molecule has 5 aromatic rings. The molecule has 0 atom stereocenters. The van der Waals surface area contributed by atoms with Gasteiger partial charge in [0.2, 0.25) is 0 Å². The predicted octanol–water partition coefficient (Wildman–Crippen LogP) is 6.48. The molecular weight excluding hydrogens is 380 g/mol. The van der Waals surface area contributed by atoms with Gasteiger partial charge in [0.15, 0.2) is 6.20 Å². The van der Waals surface area contributed by atoms with Gasteiger partial charge in [-0.15, -0.1) is 4.68 Å². The first-order chi connectivity index (χ1) is 15.1. The second kappa shape index (κ2) is 10.1. The maximum Gasteiger partial charge on any atom is 0.312 e. The molecule has 3 heterocycles. The number of hydrogen-bond acceptors (Lipinski definition) is 1. The van der Waals surface area contributed by atoms with Gasteiger partial charge in [-0.25, -0.2) is 4.57 Å². The van der Waals surface area contributed by atoms with Gasteiger partial charge < -0.3 is 0 Å². The summed E-state index contributed by atoms with van der Waals surface area (Å²) in [5.41, 5.74) is 4.43. The van der Waals surface area contributed by atoms with E-state index >= 15 is 0 Å². The van der Waals surface area contributed by atoms with Crippen LogP contribution in [-0.2, 0) is 7.05 Å². The lowest BCUT2D eigenvalue weighted by Crippen LogP contribution is -2.30. The van der Waals surface area contributed by atoms with Gasteiger partial charge in [0.05, 0.1) is 23.6 Å². The fraction of sp³-hybridized carbons (Fsp3) is 0.259. The first-order valence-corrected chi connectivity index (χ1v) is 11.0. The summed E-state index contributed by atoms with van der Waals surface area (Å²) in [6.45, 7) is 10.5. The summed E-state index contributed by atoms with van der Waals surface area (Å²) < 4.78 is 6.58. The number of hydrogen-bond donors (Lipinski definition) is 0. The molecule has 160 valence electrons. The maximum absolute atomic E-state index is 4.62. The summed E-state index contributed by atoms with van der Waals surface area (Å²) in [6, 6.07) is 23.0. The van der Waals surface area contributed by atoms with Crippen LogP contribution in [0.1, 0.15) is 34.6 Å². The lowest BCUT2D eigenvalue weighted by molar-refractivity contribution is -0.659. The Kier molecular flexibility index (Phi) is 7.24. The van der Waals surface area contributed by atoms with Crippen molar-refractivity contribution < 1.29 is 4.57 Å². The van der Waals surface area contributed by atoms with Crippen molar-refractivity contribution in [3.63, 3.8) is 0 Å². The lowest BCUT2D eigenvalue weighted by Gasteiger charge is -2.06. The van der Waals surface area contributed by atoms with Crippen molar-refractivity contribution in [3.05, 3.63) is 85.3 Å². The molecule has 0 aliphatic rings. The van der Waals surface area contributed by atoms with Gasteiger partial charge in [0.1, 0.15) is 11.7 Å². The minimum Gasteiger partial charge on any atom is -0.254 e. The summed E-state index contributed by atoms with van der Waals surface area (Å²) in [4.78, 5) is 4.62. The van der Waals surface area contributed by atoms with E-state index in [9.17, 15) is 0 Å². The molecular formula is C27H33N4+. The number of nitrogens with zero attached hydrogens (tertiary/aromatic N) is 4. The number of imidazole rings is 1. The van der Waals surface area contributed by atoms with Crippen molar-refractivity contribution in [2.75, 3.05) is 0 Å². The Labute approximate surface area is 185 Å². The minimum atomic E-state index is 0.833. The van der Waals surface area contributed by atoms with Crippen LogP contribution in [0.4, 0.5) is 0 Å². The normalized spacial score (nSPS) is 10.5. The standard InChI is InChI=1S/C21H17N4.C4H10.C2H6/c1-23-14-15-24(21(23)16-8-3-2-4-9-16)25-18-11-6-5-10-17(18)20-19(25)12-7-13-22-20;1-4(2)3;1-2/h2-15H,1H3;4H,1-3H3;1-2H3/q+1;;. The maximum atomic E-state index is 4.62. The van der Waals surface area contributed by atoms with E-state index in [1.54, 1.807) is 0 Å². The van der Waals surface area contributed by atoms with Gasteiger partial charge in [-0.2, -0.15) is 4.68 Å². The first-order valence-electron chi connectivity index (χ1n) is 11.0. The van der Waals surface area contributed by atoms with E-state index in [2.05, 4.69) is 114 Å². The molecule has 0 saturated carbocycles. The molecule has 0 amide bonds. The molecule has 0 unspecified atom stereocenters. The molecule has 0 aliphatic heterocycles. The summed E-state index contributed by atoms with van der Waals surface area (Å²) in [5, 5.41) is 1.16. The monoisotopic (exact) mass is 413 g/mol. The smallest absolute Gasteiger partial charge is 0.254 e. The molecule has 0 fully saturated rings. The molecule has 0 saturated heterocycles. The largest absolute Gasteiger partial charge is 0.312 e. The van der Waals surface area contributed by atoms with Crippen LogP contribution in [0.25, 0.3) is 33.3 Å². The van der Waals surface area contributed by atoms with Crippen LogP contribution in [0.3, 0.4) is 0 Å². The van der Waals surface area contributed by atoms with Crippen LogP contribution < -0.4 is 4.57 Å². The zero-order valence-corrected chi connectivity index (χ0v) is 19.4. The highest BCUT2D eigenvalue weighted by Gasteiger charge is 2.22. The van der Waals surface area contributed by atoms with Crippen LogP contribution in [0.2, 0.25) is 0 Å². The predicted molar refractivity (Wildman–Crippen MR) is 131 cm³/mol. The number of pyridine rings is 1. The molecule has 0 N–H and O–H groups in total. The first kappa shape index (κ1) is 22.3. The minimum absolute atomic E-state index is 0.833. The molecule has 31 heavy (non-hydrogen) atoms. The SMILES string of the molecule is CC.CC(C)C.C[n+]1ccn(-n2c3ccccc3c3ncccc32)c1-c1ccccc1. The van der Waals surface area contributed by atoms with Crippen molar-refractivity contribution in [2.24, 2.45) is 13.0 Å². The number of rotatable bonds is 2. The summed E-state index contributed by atoms with van der Waals surface area (Å²) in [7, 11) is 2.07. The summed E-state index contributed by atoms with van der Waals surface area (Å²) >= 11 is 0. The van der Waals surface area contributed by atoms with E-state index in [1.165, 1.54) is 5.56 Å². The number of benzene rings is 2. The Morgan fingerprint density at radius 1 is 0.806 bits per heavy atom. The topological polar surface area (TPSA) is 26.6 Å². The van der Waals surface area contributed by atoms with Crippen molar-refractivity contribution in [2.45, 2.75) is 34.6 Å². The van der Waals surface area contributed by atoms with Crippen LogP contribution in [0.15, 0.2) is 85.3 Å². The van der Waals surface area contributed by atoms with E-state index in [0.29, 0.717) is 0 Å². The highest BCUT2D eigenvalue weighted by Crippen LogP contribution is 2.28. The zero-order chi connectivity index (χ0) is 22.4. The molecule has 4 nitrogen and oxygen atoms in total. The molecule has 0 radical (unpaired) electrons. The Morgan fingerprint density at radius 3 is 2.13 bits per heavy atom. The van der Waals surface area contributed by atoms with Gasteiger partial charge in [-0.1, -0.05) is 71.0 Å². The number of aromatic nitrogens is 4. The van der Waals surface area contributed by atoms with E-state index in [4.69, 9.17) is 0 Å².